The van der Waals surface area contributed by atoms with Crippen molar-refractivity contribution in [3.63, 3.8) is 0 Å². The molecular formula is C10H16N2O2S. The Hall–Kier alpha value is -1.10. The molecule has 0 aliphatic heterocycles. The van der Waals surface area contributed by atoms with Gasteiger partial charge in [-0.05, 0) is 20.8 Å². The second-order valence-electron chi connectivity index (χ2n) is 4.16. The molecule has 0 spiro atoms. The van der Waals surface area contributed by atoms with Crippen LogP contribution in [-0.4, -0.2) is 23.6 Å². The lowest BCUT2D eigenvalue weighted by molar-refractivity contribution is -0.153. The highest BCUT2D eigenvalue weighted by atomic mass is 32.1. The third-order valence-corrected chi connectivity index (χ3v) is 2.42. The van der Waals surface area contributed by atoms with Gasteiger partial charge in [0.2, 0.25) is 0 Å². The fourth-order valence-electron chi connectivity index (χ4n) is 1.03. The number of aromatic nitrogens is 1. The molecule has 15 heavy (non-hydrogen) atoms. The van der Waals surface area contributed by atoms with Gasteiger partial charge >= 0.3 is 5.97 Å². The highest BCUT2D eigenvalue weighted by Gasteiger charge is 2.17. The van der Waals surface area contributed by atoms with E-state index in [-0.39, 0.29) is 12.4 Å². The van der Waals surface area contributed by atoms with E-state index in [9.17, 15) is 4.79 Å². The first kappa shape index (κ1) is 12.0. The van der Waals surface area contributed by atoms with Crippen molar-refractivity contribution in [3.8, 4) is 0 Å². The second kappa shape index (κ2) is 4.61. The van der Waals surface area contributed by atoms with Crippen molar-refractivity contribution in [2.45, 2.75) is 32.8 Å². The maximum atomic E-state index is 11.4. The molecule has 0 aliphatic rings. The summed E-state index contributed by atoms with van der Waals surface area (Å²) in [4.78, 5) is 15.7. The fourth-order valence-corrected chi connectivity index (χ4v) is 1.70. The average Bonchev–Trinajstić information content (AvgIpc) is 2.48. The number of nitrogens with one attached hydrogen (secondary N) is 1. The lowest BCUT2D eigenvalue weighted by Crippen LogP contribution is -2.24. The summed E-state index contributed by atoms with van der Waals surface area (Å²) in [5.41, 5.74) is 0.317. The summed E-state index contributed by atoms with van der Waals surface area (Å²) in [7, 11) is 1.80. The molecule has 0 aliphatic carbocycles. The van der Waals surface area contributed by atoms with Crippen molar-refractivity contribution in [2.24, 2.45) is 0 Å². The van der Waals surface area contributed by atoms with Gasteiger partial charge in [-0.25, -0.2) is 4.98 Å². The smallest absolute Gasteiger partial charge is 0.312 e. The predicted molar refractivity (Wildman–Crippen MR) is 61.2 cm³/mol. The van der Waals surface area contributed by atoms with E-state index in [0.29, 0.717) is 0 Å². The van der Waals surface area contributed by atoms with Gasteiger partial charge in [-0.3, -0.25) is 4.79 Å². The van der Waals surface area contributed by atoms with Crippen LogP contribution in [0, 0.1) is 0 Å². The SMILES string of the molecule is CNc1nc(CC(=O)OC(C)(C)C)cs1. The molecule has 4 nitrogen and oxygen atoms in total. The summed E-state index contributed by atoms with van der Waals surface area (Å²) in [6, 6.07) is 0. The summed E-state index contributed by atoms with van der Waals surface area (Å²) >= 11 is 1.48. The number of hydrogen-bond donors (Lipinski definition) is 1. The molecule has 0 bridgehead atoms. The van der Waals surface area contributed by atoms with Crippen LogP contribution >= 0.6 is 11.3 Å². The summed E-state index contributed by atoms with van der Waals surface area (Å²) in [5, 5.41) is 5.59. The van der Waals surface area contributed by atoms with Crippen molar-refractivity contribution < 1.29 is 9.53 Å². The maximum absolute atomic E-state index is 11.4. The zero-order valence-electron chi connectivity index (χ0n) is 9.46. The van der Waals surface area contributed by atoms with E-state index >= 15 is 0 Å². The summed E-state index contributed by atoms with van der Waals surface area (Å²) in [5.74, 6) is -0.240. The van der Waals surface area contributed by atoms with E-state index < -0.39 is 5.60 Å². The number of esters is 1. The van der Waals surface area contributed by atoms with Crippen molar-refractivity contribution in [2.75, 3.05) is 12.4 Å². The highest BCUT2D eigenvalue weighted by Crippen LogP contribution is 2.16. The summed E-state index contributed by atoms with van der Waals surface area (Å²) < 4.78 is 5.19. The molecule has 0 aromatic carbocycles. The Kier molecular flexibility index (Phi) is 3.68. The van der Waals surface area contributed by atoms with Crippen LogP contribution < -0.4 is 5.32 Å². The third kappa shape index (κ3) is 4.29. The van der Waals surface area contributed by atoms with Gasteiger partial charge in [0.05, 0.1) is 12.1 Å². The van der Waals surface area contributed by atoms with Gasteiger partial charge < -0.3 is 10.1 Å². The maximum Gasteiger partial charge on any atom is 0.312 e. The quantitative estimate of drug-likeness (QED) is 0.805. The molecule has 0 fully saturated rings. The Labute approximate surface area is 93.7 Å². The van der Waals surface area contributed by atoms with Crippen LogP contribution in [0.15, 0.2) is 5.38 Å². The van der Waals surface area contributed by atoms with E-state index in [0.717, 1.165) is 10.8 Å². The van der Waals surface area contributed by atoms with E-state index in [4.69, 9.17) is 4.74 Å². The van der Waals surface area contributed by atoms with E-state index in [1.165, 1.54) is 11.3 Å². The predicted octanol–water partition coefficient (Wildman–Crippen LogP) is 2.07. The minimum Gasteiger partial charge on any atom is -0.460 e. The molecule has 1 aromatic heterocycles. The van der Waals surface area contributed by atoms with Crippen molar-refractivity contribution >= 4 is 22.4 Å². The first-order chi connectivity index (χ1) is 6.90. The fraction of sp³-hybridized carbons (Fsp3) is 0.600. The van der Waals surface area contributed by atoms with E-state index in [1.54, 1.807) is 7.05 Å². The molecule has 0 atom stereocenters. The standard InChI is InChI=1S/C10H16N2O2S/c1-10(2,3)14-8(13)5-7-6-15-9(11-4)12-7/h6H,5H2,1-4H3,(H,11,12). The Balaban J connectivity index is 2.51. The Morgan fingerprint density at radius 1 is 1.60 bits per heavy atom. The molecular weight excluding hydrogens is 212 g/mol. The van der Waals surface area contributed by atoms with Crippen LogP contribution in [-0.2, 0) is 16.0 Å². The Morgan fingerprint density at radius 2 is 2.27 bits per heavy atom. The molecule has 84 valence electrons. The average molecular weight is 228 g/mol. The molecule has 1 heterocycles. The number of hydrogen-bond acceptors (Lipinski definition) is 5. The zero-order valence-corrected chi connectivity index (χ0v) is 10.3. The van der Waals surface area contributed by atoms with Crippen molar-refractivity contribution in [1.82, 2.24) is 4.98 Å². The Morgan fingerprint density at radius 3 is 2.73 bits per heavy atom. The molecule has 1 N–H and O–H groups in total. The van der Waals surface area contributed by atoms with Crippen LogP contribution in [0.25, 0.3) is 0 Å². The lowest BCUT2D eigenvalue weighted by atomic mass is 10.2. The van der Waals surface area contributed by atoms with Gasteiger partial charge in [0.25, 0.3) is 0 Å². The number of carbonyl (C=O) groups excluding carboxylic acids is 1. The lowest BCUT2D eigenvalue weighted by Gasteiger charge is -2.18. The van der Waals surface area contributed by atoms with Gasteiger partial charge in [-0.2, -0.15) is 0 Å². The van der Waals surface area contributed by atoms with Gasteiger partial charge in [0.15, 0.2) is 5.13 Å². The zero-order chi connectivity index (χ0) is 11.5. The second-order valence-corrected chi connectivity index (χ2v) is 5.02. The van der Waals surface area contributed by atoms with Crippen LogP contribution in [0.3, 0.4) is 0 Å². The van der Waals surface area contributed by atoms with Crippen LogP contribution in [0.2, 0.25) is 0 Å². The monoisotopic (exact) mass is 228 g/mol. The third-order valence-electron chi connectivity index (χ3n) is 1.51. The minimum absolute atomic E-state index is 0.232. The van der Waals surface area contributed by atoms with Crippen LogP contribution in [0.1, 0.15) is 26.5 Å². The summed E-state index contributed by atoms with van der Waals surface area (Å²) in [6.45, 7) is 5.56. The first-order valence-electron chi connectivity index (χ1n) is 4.75. The topological polar surface area (TPSA) is 51.2 Å². The van der Waals surface area contributed by atoms with Gasteiger partial charge in [-0.1, -0.05) is 0 Å². The minimum atomic E-state index is -0.432. The number of nitrogens with zero attached hydrogens (tertiary/aromatic N) is 1. The molecule has 0 amide bonds. The van der Waals surface area contributed by atoms with Crippen LogP contribution in [0.4, 0.5) is 5.13 Å². The van der Waals surface area contributed by atoms with Crippen molar-refractivity contribution in [1.29, 1.82) is 0 Å². The molecule has 5 heteroatoms. The number of thiazole rings is 1. The first-order valence-corrected chi connectivity index (χ1v) is 5.62. The number of rotatable bonds is 3. The number of anilines is 1. The van der Waals surface area contributed by atoms with Crippen molar-refractivity contribution in [3.05, 3.63) is 11.1 Å². The molecule has 1 aromatic rings. The molecule has 0 unspecified atom stereocenters. The van der Waals surface area contributed by atoms with Crippen LogP contribution in [0.5, 0.6) is 0 Å². The molecule has 1 rings (SSSR count). The van der Waals surface area contributed by atoms with Gasteiger partial charge in [0.1, 0.15) is 5.60 Å². The highest BCUT2D eigenvalue weighted by molar-refractivity contribution is 7.13. The molecule has 0 saturated carbocycles. The van der Waals surface area contributed by atoms with E-state index in [1.807, 2.05) is 26.2 Å². The normalized spacial score (nSPS) is 11.2. The van der Waals surface area contributed by atoms with E-state index in [2.05, 4.69) is 10.3 Å². The Bertz CT molecular complexity index is 341. The van der Waals surface area contributed by atoms with Gasteiger partial charge in [0, 0.05) is 12.4 Å². The molecule has 0 radical (unpaired) electrons. The number of carbonyl (C=O) groups is 1. The van der Waals surface area contributed by atoms with Gasteiger partial charge in [-0.15, -0.1) is 11.3 Å². The number of ether oxygens (including phenoxy) is 1. The largest absolute Gasteiger partial charge is 0.460 e. The summed E-state index contributed by atoms with van der Waals surface area (Å²) in [6.07, 6.45) is 0.232. The molecule has 0 saturated heterocycles.